The fraction of sp³-hybridized carbons (Fsp3) is 0.543. The number of amides is 5. The van der Waals surface area contributed by atoms with Crippen molar-refractivity contribution in [1.29, 1.82) is 0 Å². The summed E-state index contributed by atoms with van der Waals surface area (Å²) < 4.78 is 3.06. The van der Waals surface area contributed by atoms with Crippen LogP contribution in [0.3, 0.4) is 0 Å². The largest absolute Gasteiger partial charge is 0.354 e. The number of carbonyl (C=O) groups excluding carboxylic acids is 5. The van der Waals surface area contributed by atoms with Gasteiger partial charge in [0.15, 0.2) is 5.82 Å². The van der Waals surface area contributed by atoms with Crippen LogP contribution in [-0.4, -0.2) is 90.7 Å². The monoisotopic (exact) mass is 688 g/mol. The highest BCUT2D eigenvalue weighted by atomic mass is 16.2. The number of benzene rings is 1. The maximum atomic E-state index is 14.0. The fourth-order valence-corrected chi connectivity index (χ4v) is 6.45. The molecule has 50 heavy (non-hydrogen) atoms. The number of aromatic nitrogens is 5. The Kier molecular flexibility index (Phi) is 11.6. The average molecular weight is 689 g/mol. The van der Waals surface area contributed by atoms with Crippen molar-refractivity contribution in [2.75, 3.05) is 19.6 Å². The summed E-state index contributed by atoms with van der Waals surface area (Å²) in [5, 5.41) is 20.5. The van der Waals surface area contributed by atoms with Crippen LogP contribution in [0.25, 0.3) is 11.4 Å². The molecule has 0 fully saturated rings. The molecule has 15 nitrogen and oxygen atoms in total. The minimum absolute atomic E-state index is 0.0576. The summed E-state index contributed by atoms with van der Waals surface area (Å²) in [4.78, 5) is 73.6. The molecule has 5 amide bonds. The molecule has 3 atom stereocenters. The molecule has 0 bridgehead atoms. The van der Waals surface area contributed by atoms with Gasteiger partial charge < -0.3 is 26.2 Å². The third-order valence-corrected chi connectivity index (χ3v) is 8.95. The number of hydrogen-bond acceptors (Lipinski definition) is 8. The lowest BCUT2D eigenvalue weighted by molar-refractivity contribution is -0.132. The Bertz CT molecular complexity index is 1720. The van der Waals surface area contributed by atoms with Crippen LogP contribution < -0.4 is 21.3 Å². The molecule has 2 aliphatic rings. The Morgan fingerprint density at radius 2 is 1.62 bits per heavy atom. The van der Waals surface area contributed by atoms with E-state index >= 15 is 0 Å². The molecule has 3 aromatic rings. The molecule has 0 spiro atoms. The second kappa shape index (κ2) is 16.1. The Morgan fingerprint density at radius 3 is 2.36 bits per heavy atom. The van der Waals surface area contributed by atoms with Crippen LogP contribution in [0, 0.1) is 5.92 Å². The molecule has 5 rings (SSSR count). The van der Waals surface area contributed by atoms with Crippen molar-refractivity contribution in [2.24, 2.45) is 13.0 Å². The number of fused-ring (bicyclic) bond motifs is 2. The first kappa shape index (κ1) is 36.2. The summed E-state index contributed by atoms with van der Waals surface area (Å²) in [6.07, 6.45) is 4.19. The van der Waals surface area contributed by atoms with E-state index < -0.39 is 35.8 Å². The van der Waals surface area contributed by atoms with Gasteiger partial charge in [0, 0.05) is 31.3 Å². The molecule has 2 aromatic heterocycles. The second-order valence-corrected chi connectivity index (χ2v) is 13.6. The van der Waals surface area contributed by atoms with Crippen molar-refractivity contribution in [3.8, 4) is 11.4 Å². The van der Waals surface area contributed by atoms with Crippen LogP contribution in [0.1, 0.15) is 87.0 Å². The SMILES string of the molecule is CC(C)C[C@H]1NC(=O)[C@@H](C)NC(=O)CN(C(=O)c2c3c(nn2C)CCCC3)CCCNC(=O)Cn2nc(-c3ccccc3)nc2[C@H](C)NC1=O. The Balaban J connectivity index is 1.43. The van der Waals surface area contributed by atoms with Crippen LogP contribution >= 0.6 is 0 Å². The topological polar surface area (TPSA) is 185 Å². The number of nitrogens with one attached hydrogen (secondary N) is 4. The minimum atomic E-state index is -0.985. The first-order chi connectivity index (χ1) is 23.9. The summed E-state index contributed by atoms with van der Waals surface area (Å²) in [5.74, 6) is -1.33. The van der Waals surface area contributed by atoms with Crippen molar-refractivity contribution in [1.82, 2.24) is 50.7 Å². The number of hydrogen-bond donors (Lipinski definition) is 4. The molecule has 1 aliphatic carbocycles. The highest BCUT2D eigenvalue weighted by Crippen LogP contribution is 2.25. The van der Waals surface area contributed by atoms with E-state index in [1.54, 1.807) is 18.7 Å². The maximum Gasteiger partial charge on any atom is 0.272 e. The van der Waals surface area contributed by atoms with E-state index in [-0.39, 0.29) is 43.9 Å². The van der Waals surface area contributed by atoms with Gasteiger partial charge in [-0.2, -0.15) is 10.2 Å². The maximum absolute atomic E-state index is 14.0. The third-order valence-electron chi connectivity index (χ3n) is 8.95. The molecule has 0 radical (unpaired) electrons. The van der Waals surface area contributed by atoms with E-state index in [1.165, 1.54) is 16.5 Å². The van der Waals surface area contributed by atoms with E-state index in [1.807, 2.05) is 44.2 Å². The fourth-order valence-electron chi connectivity index (χ4n) is 6.45. The lowest BCUT2D eigenvalue weighted by Gasteiger charge is -2.25. The van der Waals surface area contributed by atoms with Gasteiger partial charge in [0.2, 0.25) is 23.6 Å². The third kappa shape index (κ3) is 8.74. The first-order valence-electron chi connectivity index (χ1n) is 17.4. The highest BCUT2D eigenvalue weighted by molar-refractivity contribution is 5.97. The van der Waals surface area contributed by atoms with Gasteiger partial charge in [-0.25, -0.2) is 9.67 Å². The Hall–Kier alpha value is -5.08. The molecule has 3 heterocycles. The highest BCUT2D eigenvalue weighted by Gasteiger charge is 2.31. The Morgan fingerprint density at radius 1 is 0.880 bits per heavy atom. The summed E-state index contributed by atoms with van der Waals surface area (Å²) in [6.45, 7) is 7.10. The van der Waals surface area contributed by atoms with E-state index in [4.69, 9.17) is 4.98 Å². The summed E-state index contributed by atoms with van der Waals surface area (Å²) in [5.41, 5.74) is 3.01. The van der Waals surface area contributed by atoms with E-state index in [0.717, 1.165) is 42.5 Å². The number of rotatable bonds is 4. The minimum Gasteiger partial charge on any atom is -0.354 e. The van der Waals surface area contributed by atoms with Gasteiger partial charge in [-0.3, -0.25) is 28.7 Å². The van der Waals surface area contributed by atoms with Gasteiger partial charge >= 0.3 is 0 Å². The van der Waals surface area contributed by atoms with E-state index in [0.29, 0.717) is 30.2 Å². The lowest BCUT2D eigenvalue weighted by Crippen LogP contribution is -2.54. The van der Waals surface area contributed by atoms with Crippen LogP contribution in [0.5, 0.6) is 0 Å². The molecular weight excluding hydrogens is 640 g/mol. The lowest BCUT2D eigenvalue weighted by atomic mass is 9.95. The molecule has 268 valence electrons. The van der Waals surface area contributed by atoms with Gasteiger partial charge in [-0.1, -0.05) is 44.2 Å². The van der Waals surface area contributed by atoms with Crippen molar-refractivity contribution >= 4 is 29.5 Å². The zero-order chi connectivity index (χ0) is 35.9. The summed E-state index contributed by atoms with van der Waals surface area (Å²) in [7, 11) is 1.73. The molecule has 0 saturated carbocycles. The molecule has 0 unspecified atom stereocenters. The molecule has 4 N–H and O–H groups in total. The number of carbonyl (C=O) groups is 5. The zero-order valence-corrected chi connectivity index (χ0v) is 29.5. The second-order valence-electron chi connectivity index (χ2n) is 13.6. The smallest absolute Gasteiger partial charge is 0.272 e. The van der Waals surface area contributed by atoms with Gasteiger partial charge in [0.05, 0.1) is 18.3 Å². The van der Waals surface area contributed by atoms with Gasteiger partial charge in [-0.15, -0.1) is 0 Å². The van der Waals surface area contributed by atoms with Crippen molar-refractivity contribution < 1.29 is 24.0 Å². The predicted octanol–water partition coefficient (Wildman–Crippen LogP) is 1.43. The van der Waals surface area contributed by atoms with Crippen molar-refractivity contribution in [3.63, 3.8) is 0 Å². The van der Waals surface area contributed by atoms with Crippen molar-refractivity contribution in [3.05, 3.63) is 53.1 Å². The van der Waals surface area contributed by atoms with E-state index in [9.17, 15) is 24.0 Å². The predicted molar refractivity (Wildman–Crippen MR) is 184 cm³/mol. The molecule has 1 aliphatic heterocycles. The molecule has 0 saturated heterocycles. The molecule has 1 aromatic carbocycles. The quantitative estimate of drug-likeness (QED) is 0.317. The number of nitrogens with zero attached hydrogens (tertiary/aromatic N) is 6. The number of aryl methyl sites for hydroxylation is 2. The van der Waals surface area contributed by atoms with Crippen LogP contribution in [0.4, 0.5) is 0 Å². The standard InChI is InChI=1S/C35H48N10O5/c1-21(2)18-27-34(49)38-22(3)32-40-31(24-12-7-6-8-13-24)42-45(32)20-28(46)36-16-11-17-44(19-29(47)37-23(4)33(48)39-27)35(50)30-25-14-9-10-15-26(25)41-43(30)5/h6-8,12-13,21-23,27H,9-11,14-20H2,1-5H3,(H,36,46)(H,37,47)(H,38,49)(H,39,48)/t22-,23+,27+/m0/s1. The van der Waals surface area contributed by atoms with Gasteiger partial charge in [0.25, 0.3) is 5.91 Å². The van der Waals surface area contributed by atoms with Gasteiger partial charge in [-0.05, 0) is 58.3 Å². The van der Waals surface area contributed by atoms with Crippen LogP contribution in [0.2, 0.25) is 0 Å². The average Bonchev–Trinajstić information content (AvgIpc) is 3.65. The first-order valence-corrected chi connectivity index (χ1v) is 17.4. The summed E-state index contributed by atoms with van der Waals surface area (Å²) in [6, 6.07) is 6.77. The zero-order valence-electron chi connectivity index (χ0n) is 29.5. The van der Waals surface area contributed by atoms with Gasteiger partial charge in [0.1, 0.15) is 30.1 Å². The molecule has 15 heteroatoms. The molecular formula is C35H48N10O5. The van der Waals surface area contributed by atoms with Crippen LogP contribution in [-0.2, 0) is 45.6 Å². The van der Waals surface area contributed by atoms with E-state index in [2.05, 4.69) is 31.5 Å². The van der Waals surface area contributed by atoms with Crippen molar-refractivity contribution in [2.45, 2.75) is 90.9 Å². The van der Waals surface area contributed by atoms with Crippen LogP contribution in [0.15, 0.2) is 30.3 Å². The summed E-state index contributed by atoms with van der Waals surface area (Å²) >= 11 is 0. The normalized spacial score (nSPS) is 21.5. The Labute approximate surface area is 291 Å².